The van der Waals surface area contributed by atoms with Crippen LogP contribution in [0.4, 0.5) is 4.79 Å². The molecule has 0 aliphatic heterocycles. The van der Waals surface area contributed by atoms with Gasteiger partial charge >= 0.3 is 6.09 Å². The lowest BCUT2D eigenvalue weighted by Gasteiger charge is -2.20. The van der Waals surface area contributed by atoms with Crippen LogP contribution in [0.25, 0.3) is 0 Å². The summed E-state index contributed by atoms with van der Waals surface area (Å²) in [5, 5.41) is 5.56. The van der Waals surface area contributed by atoms with Crippen LogP contribution in [-0.2, 0) is 22.7 Å². The Kier molecular flexibility index (Phi) is 7.68. The molecule has 5 nitrogen and oxygen atoms in total. The van der Waals surface area contributed by atoms with Gasteiger partial charge in [-0.25, -0.2) is 4.79 Å². The Morgan fingerprint density at radius 3 is 2.08 bits per heavy atom. The Morgan fingerprint density at radius 2 is 1.50 bits per heavy atom. The molecule has 0 aromatic heterocycles. The molecule has 0 radical (unpaired) electrons. The fraction of sp³-hybridized carbons (Fsp3) is 0.333. The largest absolute Gasteiger partial charge is 0.445 e. The summed E-state index contributed by atoms with van der Waals surface area (Å²) < 4.78 is 5.22. The minimum atomic E-state index is -0.623. The van der Waals surface area contributed by atoms with Crippen molar-refractivity contribution < 1.29 is 14.3 Å². The van der Waals surface area contributed by atoms with E-state index in [1.807, 2.05) is 74.5 Å². The molecule has 2 aromatic carbocycles. The van der Waals surface area contributed by atoms with Gasteiger partial charge < -0.3 is 15.4 Å². The first-order chi connectivity index (χ1) is 12.5. The summed E-state index contributed by atoms with van der Waals surface area (Å²) in [6.45, 7) is 4.62. The predicted octanol–water partition coefficient (Wildman–Crippen LogP) is 3.64. The monoisotopic (exact) mass is 354 g/mol. The molecule has 138 valence electrons. The SMILES string of the molecule is CC(C)C[C@H](NC(=O)OCc1ccccc1)C(=O)NCc1ccccc1. The summed E-state index contributed by atoms with van der Waals surface area (Å²) in [6, 6.07) is 18.5. The number of benzene rings is 2. The fourth-order valence-corrected chi connectivity index (χ4v) is 2.52. The number of ether oxygens (including phenoxy) is 1. The zero-order chi connectivity index (χ0) is 18.8. The molecule has 2 rings (SSSR count). The number of nitrogens with one attached hydrogen (secondary N) is 2. The van der Waals surface area contributed by atoms with Crippen molar-refractivity contribution in [3.63, 3.8) is 0 Å². The molecule has 0 bridgehead atoms. The number of hydrogen-bond donors (Lipinski definition) is 2. The van der Waals surface area contributed by atoms with Gasteiger partial charge in [0.05, 0.1) is 0 Å². The second-order valence-corrected chi connectivity index (χ2v) is 6.59. The Morgan fingerprint density at radius 1 is 0.923 bits per heavy atom. The van der Waals surface area contributed by atoms with E-state index in [1.165, 1.54) is 0 Å². The highest BCUT2D eigenvalue weighted by Gasteiger charge is 2.22. The number of rotatable bonds is 8. The Labute approximate surface area is 154 Å². The highest BCUT2D eigenvalue weighted by Crippen LogP contribution is 2.07. The summed E-state index contributed by atoms with van der Waals surface area (Å²) in [6.07, 6.45) is -0.0458. The maximum Gasteiger partial charge on any atom is 0.408 e. The van der Waals surface area contributed by atoms with Crippen molar-refractivity contribution >= 4 is 12.0 Å². The molecule has 26 heavy (non-hydrogen) atoms. The zero-order valence-electron chi connectivity index (χ0n) is 15.3. The van der Waals surface area contributed by atoms with Gasteiger partial charge in [-0.1, -0.05) is 74.5 Å². The summed E-state index contributed by atoms with van der Waals surface area (Å²) in [5.41, 5.74) is 1.91. The van der Waals surface area contributed by atoms with E-state index in [1.54, 1.807) is 0 Å². The van der Waals surface area contributed by atoms with E-state index in [0.29, 0.717) is 13.0 Å². The van der Waals surface area contributed by atoms with Crippen LogP contribution in [-0.4, -0.2) is 18.0 Å². The quantitative estimate of drug-likeness (QED) is 0.760. The first kappa shape index (κ1) is 19.5. The first-order valence-electron chi connectivity index (χ1n) is 8.83. The van der Waals surface area contributed by atoms with Crippen LogP contribution in [0.3, 0.4) is 0 Å². The van der Waals surface area contributed by atoms with Crippen LogP contribution < -0.4 is 10.6 Å². The van der Waals surface area contributed by atoms with Crippen molar-refractivity contribution in [1.82, 2.24) is 10.6 Å². The lowest BCUT2D eigenvalue weighted by atomic mass is 10.0. The molecular formula is C21H26N2O3. The number of carbonyl (C=O) groups is 2. The summed E-state index contributed by atoms with van der Waals surface area (Å²) >= 11 is 0. The van der Waals surface area contributed by atoms with E-state index in [-0.39, 0.29) is 18.4 Å². The smallest absolute Gasteiger partial charge is 0.408 e. The lowest BCUT2D eigenvalue weighted by molar-refractivity contribution is -0.123. The maximum atomic E-state index is 12.5. The minimum absolute atomic E-state index is 0.173. The standard InChI is InChI=1S/C21H26N2O3/c1-16(2)13-19(20(24)22-14-17-9-5-3-6-10-17)23-21(25)26-15-18-11-7-4-8-12-18/h3-12,16,19H,13-15H2,1-2H3,(H,22,24)(H,23,25)/t19-/m0/s1. The van der Waals surface area contributed by atoms with E-state index in [9.17, 15) is 9.59 Å². The van der Waals surface area contributed by atoms with Crippen LogP contribution in [0.1, 0.15) is 31.4 Å². The van der Waals surface area contributed by atoms with E-state index in [0.717, 1.165) is 11.1 Å². The van der Waals surface area contributed by atoms with Crippen LogP contribution in [0.5, 0.6) is 0 Å². The molecule has 1 atom stereocenters. The molecule has 0 spiro atoms. The fourth-order valence-electron chi connectivity index (χ4n) is 2.52. The molecule has 2 N–H and O–H groups in total. The van der Waals surface area contributed by atoms with Crippen molar-refractivity contribution in [3.05, 3.63) is 71.8 Å². The Hall–Kier alpha value is -2.82. The van der Waals surface area contributed by atoms with Crippen molar-refractivity contribution in [2.75, 3.05) is 0 Å². The highest BCUT2D eigenvalue weighted by molar-refractivity contribution is 5.85. The molecule has 2 amide bonds. The first-order valence-corrected chi connectivity index (χ1v) is 8.83. The van der Waals surface area contributed by atoms with Crippen molar-refractivity contribution in [2.45, 2.75) is 39.5 Å². The molecule has 0 heterocycles. The van der Waals surface area contributed by atoms with Crippen LogP contribution in [0.15, 0.2) is 60.7 Å². The second kappa shape index (κ2) is 10.2. The molecule has 0 aliphatic carbocycles. The van der Waals surface area contributed by atoms with Gasteiger partial charge in [0.2, 0.25) is 5.91 Å². The molecule has 0 unspecified atom stereocenters. The number of alkyl carbamates (subject to hydrolysis) is 1. The van der Waals surface area contributed by atoms with Gasteiger partial charge in [-0.05, 0) is 23.5 Å². The molecule has 2 aromatic rings. The second-order valence-electron chi connectivity index (χ2n) is 6.59. The molecular weight excluding hydrogens is 328 g/mol. The predicted molar refractivity (Wildman–Crippen MR) is 101 cm³/mol. The van der Waals surface area contributed by atoms with E-state index < -0.39 is 12.1 Å². The molecule has 0 saturated carbocycles. The molecule has 5 heteroatoms. The van der Waals surface area contributed by atoms with Gasteiger partial charge in [0, 0.05) is 6.54 Å². The van der Waals surface area contributed by atoms with Crippen LogP contribution >= 0.6 is 0 Å². The van der Waals surface area contributed by atoms with Crippen molar-refractivity contribution in [1.29, 1.82) is 0 Å². The maximum absolute atomic E-state index is 12.5. The normalized spacial score (nSPS) is 11.7. The van der Waals surface area contributed by atoms with Gasteiger partial charge in [0.25, 0.3) is 0 Å². The topological polar surface area (TPSA) is 67.4 Å². The average Bonchev–Trinajstić information content (AvgIpc) is 2.65. The number of hydrogen-bond acceptors (Lipinski definition) is 3. The Bertz CT molecular complexity index is 687. The third kappa shape index (κ3) is 6.97. The number of amides is 2. The van der Waals surface area contributed by atoms with Gasteiger partial charge in [0.15, 0.2) is 0 Å². The molecule has 0 aliphatic rings. The van der Waals surface area contributed by atoms with Crippen molar-refractivity contribution in [2.24, 2.45) is 5.92 Å². The van der Waals surface area contributed by atoms with Gasteiger partial charge in [-0.15, -0.1) is 0 Å². The van der Waals surface area contributed by atoms with Gasteiger partial charge in [0.1, 0.15) is 12.6 Å². The van der Waals surface area contributed by atoms with E-state index in [2.05, 4.69) is 10.6 Å². The molecule has 0 saturated heterocycles. The lowest BCUT2D eigenvalue weighted by Crippen LogP contribution is -2.47. The third-order valence-electron chi connectivity index (χ3n) is 3.84. The summed E-state index contributed by atoms with van der Waals surface area (Å²) in [4.78, 5) is 24.6. The summed E-state index contributed by atoms with van der Waals surface area (Å²) in [7, 11) is 0. The van der Waals surface area contributed by atoms with Crippen LogP contribution in [0.2, 0.25) is 0 Å². The number of carbonyl (C=O) groups excluding carboxylic acids is 2. The average molecular weight is 354 g/mol. The highest BCUT2D eigenvalue weighted by atomic mass is 16.5. The zero-order valence-corrected chi connectivity index (χ0v) is 15.3. The summed E-state index contributed by atoms with van der Waals surface area (Å²) in [5.74, 6) is 0.0520. The van der Waals surface area contributed by atoms with Gasteiger partial charge in [-0.3, -0.25) is 4.79 Å². The van der Waals surface area contributed by atoms with Gasteiger partial charge in [-0.2, -0.15) is 0 Å². The van der Waals surface area contributed by atoms with E-state index in [4.69, 9.17) is 4.74 Å². The van der Waals surface area contributed by atoms with Crippen LogP contribution in [0, 0.1) is 5.92 Å². The molecule has 0 fully saturated rings. The van der Waals surface area contributed by atoms with E-state index >= 15 is 0 Å². The third-order valence-corrected chi connectivity index (χ3v) is 3.84. The Balaban J connectivity index is 1.86. The minimum Gasteiger partial charge on any atom is -0.445 e. The van der Waals surface area contributed by atoms with Crippen molar-refractivity contribution in [3.8, 4) is 0 Å².